The van der Waals surface area contributed by atoms with Gasteiger partial charge >= 0.3 is 0 Å². The predicted molar refractivity (Wildman–Crippen MR) is 129 cm³/mol. The number of amides is 1. The Morgan fingerprint density at radius 2 is 1.55 bits per heavy atom. The maximum atomic E-state index is 13.2. The van der Waals surface area contributed by atoms with Crippen molar-refractivity contribution in [1.29, 1.82) is 0 Å². The first-order chi connectivity index (χ1) is 15.8. The standard InChI is InChI=1S/C24H22N4O3S2/c1-16-12-14-19(15-13-16)22(29)25-23-26-27-24(32-23)33(30,31)28-21(18-9-4-3-5-10-18)20-11-7-6-8-17(20)2/h3-15,21,28H,1-2H3,(H,25,26,29). The van der Waals surface area contributed by atoms with Crippen LogP contribution in [-0.4, -0.2) is 24.5 Å². The average molecular weight is 479 g/mol. The Morgan fingerprint density at radius 3 is 2.24 bits per heavy atom. The van der Waals surface area contributed by atoms with Gasteiger partial charge in [-0.25, -0.2) is 8.42 Å². The summed E-state index contributed by atoms with van der Waals surface area (Å²) in [6.45, 7) is 3.86. The van der Waals surface area contributed by atoms with Crippen LogP contribution >= 0.6 is 11.3 Å². The van der Waals surface area contributed by atoms with Crippen molar-refractivity contribution in [3.8, 4) is 0 Å². The van der Waals surface area contributed by atoms with Gasteiger partial charge in [0.2, 0.25) is 9.47 Å². The van der Waals surface area contributed by atoms with Crippen LogP contribution in [0.3, 0.4) is 0 Å². The molecule has 0 fully saturated rings. The molecule has 1 amide bonds. The first-order valence-corrected chi connectivity index (χ1v) is 12.5. The molecule has 0 aliphatic carbocycles. The summed E-state index contributed by atoms with van der Waals surface area (Å²) in [5.41, 5.74) is 4.07. The Morgan fingerprint density at radius 1 is 0.879 bits per heavy atom. The van der Waals surface area contributed by atoms with Crippen molar-refractivity contribution in [2.45, 2.75) is 24.2 Å². The van der Waals surface area contributed by atoms with E-state index in [0.29, 0.717) is 5.56 Å². The van der Waals surface area contributed by atoms with E-state index in [9.17, 15) is 13.2 Å². The van der Waals surface area contributed by atoms with Gasteiger partial charge in [-0.1, -0.05) is 83.6 Å². The number of rotatable bonds is 7. The summed E-state index contributed by atoms with van der Waals surface area (Å²) in [4.78, 5) is 12.4. The van der Waals surface area contributed by atoms with E-state index < -0.39 is 16.1 Å². The molecule has 0 bridgehead atoms. The summed E-state index contributed by atoms with van der Waals surface area (Å²) >= 11 is 0.798. The highest BCUT2D eigenvalue weighted by atomic mass is 32.2. The second kappa shape index (κ2) is 9.62. The zero-order valence-corrected chi connectivity index (χ0v) is 19.7. The number of anilines is 1. The minimum Gasteiger partial charge on any atom is -0.296 e. The minimum absolute atomic E-state index is 0.105. The molecule has 168 valence electrons. The van der Waals surface area contributed by atoms with Crippen LogP contribution in [0.25, 0.3) is 0 Å². The van der Waals surface area contributed by atoms with Gasteiger partial charge in [-0.3, -0.25) is 10.1 Å². The molecule has 1 heterocycles. The Bertz CT molecular complexity index is 1370. The van der Waals surface area contributed by atoms with E-state index >= 15 is 0 Å². The normalized spacial score (nSPS) is 12.3. The predicted octanol–water partition coefficient (Wildman–Crippen LogP) is 4.48. The zero-order valence-electron chi connectivity index (χ0n) is 18.0. The van der Waals surface area contributed by atoms with E-state index in [1.165, 1.54) is 0 Å². The molecule has 4 aromatic rings. The molecular weight excluding hydrogens is 456 g/mol. The van der Waals surface area contributed by atoms with Crippen LogP contribution in [0, 0.1) is 13.8 Å². The maximum absolute atomic E-state index is 13.2. The lowest BCUT2D eigenvalue weighted by Gasteiger charge is -2.20. The maximum Gasteiger partial charge on any atom is 0.270 e. The van der Waals surface area contributed by atoms with Gasteiger partial charge in [0.1, 0.15) is 0 Å². The fourth-order valence-corrected chi connectivity index (χ4v) is 5.43. The van der Waals surface area contributed by atoms with Gasteiger partial charge < -0.3 is 0 Å². The minimum atomic E-state index is -4.01. The van der Waals surface area contributed by atoms with E-state index in [2.05, 4.69) is 20.2 Å². The van der Waals surface area contributed by atoms with Crippen molar-refractivity contribution >= 4 is 32.4 Å². The number of hydrogen-bond acceptors (Lipinski definition) is 6. The van der Waals surface area contributed by atoms with Crippen molar-refractivity contribution in [2.75, 3.05) is 5.32 Å². The van der Waals surface area contributed by atoms with Gasteiger partial charge in [0.15, 0.2) is 0 Å². The lowest BCUT2D eigenvalue weighted by molar-refractivity contribution is 0.102. The number of benzene rings is 3. The summed E-state index contributed by atoms with van der Waals surface area (Å²) in [5, 5.41) is 10.4. The zero-order chi connectivity index (χ0) is 23.4. The summed E-state index contributed by atoms with van der Waals surface area (Å²) in [6.07, 6.45) is 0. The second-order valence-corrected chi connectivity index (χ2v) is 10.4. The summed E-state index contributed by atoms with van der Waals surface area (Å²) in [6, 6.07) is 23.4. The lowest BCUT2D eigenvalue weighted by atomic mass is 9.96. The van der Waals surface area contributed by atoms with Gasteiger partial charge in [-0.15, -0.1) is 10.2 Å². The largest absolute Gasteiger partial charge is 0.296 e. The first kappa shape index (κ1) is 22.8. The number of nitrogens with zero attached hydrogens (tertiary/aromatic N) is 2. The van der Waals surface area contributed by atoms with Crippen LogP contribution in [0.15, 0.2) is 83.2 Å². The molecule has 1 atom stereocenters. The Hall–Kier alpha value is -3.40. The van der Waals surface area contributed by atoms with Crippen molar-refractivity contribution < 1.29 is 13.2 Å². The molecule has 2 N–H and O–H groups in total. The van der Waals surface area contributed by atoms with Crippen LogP contribution in [0.1, 0.15) is 38.7 Å². The van der Waals surface area contributed by atoms with Crippen LogP contribution in [-0.2, 0) is 10.0 Å². The second-order valence-electron chi connectivity index (χ2n) is 7.51. The molecular formula is C24H22N4O3S2. The van der Waals surface area contributed by atoms with E-state index in [-0.39, 0.29) is 15.4 Å². The number of aryl methyl sites for hydroxylation is 2. The van der Waals surface area contributed by atoms with Crippen molar-refractivity contribution in [3.05, 3.63) is 107 Å². The molecule has 0 aliphatic heterocycles. The van der Waals surface area contributed by atoms with E-state index in [1.54, 1.807) is 12.1 Å². The van der Waals surface area contributed by atoms with Gasteiger partial charge in [-0.05, 0) is 42.7 Å². The summed E-state index contributed by atoms with van der Waals surface area (Å²) in [5.74, 6) is -0.384. The first-order valence-electron chi connectivity index (χ1n) is 10.2. The lowest BCUT2D eigenvalue weighted by Crippen LogP contribution is -2.30. The van der Waals surface area contributed by atoms with Crippen molar-refractivity contribution in [2.24, 2.45) is 0 Å². The Kier molecular flexibility index (Phi) is 6.64. The number of carbonyl (C=O) groups excluding carboxylic acids is 1. The summed E-state index contributed by atoms with van der Waals surface area (Å²) < 4.78 is 28.9. The third-order valence-corrected chi connectivity index (χ3v) is 7.70. The molecule has 0 saturated carbocycles. The molecule has 33 heavy (non-hydrogen) atoms. The van der Waals surface area contributed by atoms with Gasteiger partial charge in [0, 0.05) is 5.56 Å². The van der Waals surface area contributed by atoms with E-state index in [0.717, 1.165) is 33.6 Å². The van der Waals surface area contributed by atoms with Crippen molar-refractivity contribution in [3.63, 3.8) is 0 Å². The monoisotopic (exact) mass is 478 g/mol. The SMILES string of the molecule is Cc1ccc(C(=O)Nc2nnc(S(=O)(=O)NC(c3ccccc3)c3ccccc3C)s2)cc1. The van der Waals surface area contributed by atoms with E-state index in [4.69, 9.17) is 0 Å². The smallest absolute Gasteiger partial charge is 0.270 e. The average Bonchev–Trinajstić information content (AvgIpc) is 3.29. The third kappa shape index (κ3) is 5.33. The molecule has 3 aromatic carbocycles. The number of sulfonamides is 1. The molecule has 9 heteroatoms. The Balaban J connectivity index is 1.58. The van der Waals surface area contributed by atoms with Crippen LogP contribution in [0.5, 0.6) is 0 Å². The third-order valence-electron chi connectivity index (χ3n) is 5.08. The van der Waals surface area contributed by atoms with E-state index in [1.807, 2.05) is 80.6 Å². The van der Waals surface area contributed by atoms with Gasteiger partial charge in [0.05, 0.1) is 6.04 Å². The fraction of sp³-hybridized carbons (Fsp3) is 0.125. The molecule has 0 aliphatic rings. The van der Waals surface area contributed by atoms with Crippen molar-refractivity contribution in [1.82, 2.24) is 14.9 Å². The number of aromatic nitrogens is 2. The molecule has 0 spiro atoms. The molecule has 4 rings (SSSR count). The van der Waals surface area contributed by atoms with Gasteiger partial charge in [0.25, 0.3) is 15.9 Å². The molecule has 1 aromatic heterocycles. The highest BCUT2D eigenvalue weighted by molar-refractivity contribution is 7.91. The van der Waals surface area contributed by atoms with Crippen LogP contribution in [0.2, 0.25) is 0 Å². The number of nitrogens with one attached hydrogen (secondary N) is 2. The Labute approximate surface area is 196 Å². The highest BCUT2D eigenvalue weighted by Gasteiger charge is 2.27. The number of carbonyl (C=O) groups is 1. The fourth-order valence-electron chi connectivity index (χ4n) is 3.32. The van der Waals surface area contributed by atoms with Crippen LogP contribution < -0.4 is 10.0 Å². The van der Waals surface area contributed by atoms with Gasteiger partial charge in [-0.2, -0.15) is 4.72 Å². The number of hydrogen-bond donors (Lipinski definition) is 2. The molecule has 7 nitrogen and oxygen atoms in total. The molecule has 0 saturated heterocycles. The summed E-state index contributed by atoms with van der Waals surface area (Å²) in [7, 11) is -4.01. The molecule has 1 unspecified atom stereocenters. The highest BCUT2D eigenvalue weighted by Crippen LogP contribution is 2.28. The quantitative estimate of drug-likeness (QED) is 0.382. The topological polar surface area (TPSA) is 101 Å². The van der Waals surface area contributed by atoms with Crippen LogP contribution in [0.4, 0.5) is 5.13 Å². The molecule has 0 radical (unpaired) electrons.